The number of nitrogens with one attached hydrogen (secondary N) is 1. The summed E-state index contributed by atoms with van der Waals surface area (Å²) < 4.78 is 11.6. The van der Waals surface area contributed by atoms with E-state index in [-0.39, 0.29) is 17.3 Å². The highest BCUT2D eigenvalue weighted by atomic mass is 32.1. The van der Waals surface area contributed by atoms with Gasteiger partial charge < -0.3 is 10.5 Å². The van der Waals surface area contributed by atoms with Crippen molar-refractivity contribution in [3.63, 3.8) is 0 Å². The van der Waals surface area contributed by atoms with Gasteiger partial charge in [-0.05, 0) is 64.9 Å². The number of amides is 1. The van der Waals surface area contributed by atoms with Crippen LogP contribution in [0.5, 0.6) is 5.75 Å². The van der Waals surface area contributed by atoms with Crippen molar-refractivity contribution in [1.29, 1.82) is 0 Å². The fraction of sp³-hybridized carbons (Fsp3) is 0.200. The fourth-order valence-corrected chi connectivity index (χ4v) is 3.61. The number of hydrogen-bond acceptors (Lipinski definition) is 10. The van der Waals surface area contributed by atoms with E-state index in [2.05, 4.69) is 35.8 Å². The zero-order valence-electron chi connectivity index (χ0n) is 17.3. The first kappa shape index (κ1) is 21.2. The van der Waals surface area contributed by atoms with E-state index in [0.29, 0.717) is 23.6 Å². The second kappa shape index (κ2) is 9.39. The van der Waals surface area contributed by atoms with Crippen LogP contribution in [0.2, 0.25) is 0 Å². The number of rotatable bonds is 8. The van der Waals surface area contributed by atoms with Gasteiger partial charge in [0.15, 0.2) is 5.69 Å². The highest BCUT2D eigenvalue weighted by molar-refractivity contribution is 7.11. The van der Waals surface area contributed by atoms with Crippen LogP contribution in [0.15, 0.2) is 45.4 Å². The molecule has 0 radical (unpaired) electrons. The van der Waals surface area contributed by atoms with Crippen LogP contribution in [0.25, 0.3) is 17.1 Å². The molecule has 32 heavy (non-hydrogen) atoms. The number of carbonyl (C=O) groups is 1. The summed E-state index contributed by atoms with van der Waals surface area (Å²) in [6.45, 7) is 4.60. The summed E-state index contributed by atoms with van der Waals surface area (Å²) >= 11 is 1.52. The molecule has 0 aliphatic rings. The molecule has 4 aromatic rings. The maximum absolute atomic E-state index is 12.9. The topological polar surface area (TPSA) is 146 Å². The second-order valence-corrected chi connectivity index (χ2v) is 7.66. The van der Waals surface area contributed by atoms with Crippen LogP contribution < -0.4 is 15.9 Å². The van der Waals surface area contributed by atoms with Gasteiger partial charge in [-0.15, -0.1) is 16.4 Å². The van der Waals surface area contributed by atoms with Gasteiger partial charge in [-0.3, -0.25) is 4.79 Å². The number of hydrogen-bond donors (Lipinski definition) is 2. The number of aryl methyl sites for hydroxylation is 1. The summed E-state index contributed by atoms with van der Waals surface area (Å²) in [5.74, 6) is 0.296. The first-order valence-electron chi connectivity index (χ1n) is 9.73. The number of nitrogens with zero attached hydrogens (tertiary/aromatic N) is 6. The van der Waals surface area contributed by atoms with Gasteiger partial charge in [0, 0.05) is 10.4 Å². The quantitative estimate of drug-likeness (QED) is 0.306. The SMILES string of the molecule is CCCOc1ccc(-c2c(C(=O)N/N=C\c3sccc3C)nnn2-c2nonc2N)cc1. The van der Waals surface area contributed by atoms with Gasteiger partial charge in [0.05, 0.1) is 12.8 Å². The first-order valence-corrected chi connectivity index (χ1v) is 10.6. The average molecular weight is 453 g/mol. The number of thiophene rings is 1. The third-order valence-corrected chi connectivity index (χ3v) is 5.39. The molecule has 0 aliphatic heterocycles. The van der Waals surface area contributed by atoms with Crippen molar-refractivity contribution < 1.29 is 14.2 Å². The molecule has 4 rings (SSSR count). The molecule has 11 nitrogen and oxygen atoms in total. The lowest BCUT2D eigenvalue weighted by molar-refractivity contribution is 0.0950. The van der Waals surface area contributed by atoms with Crippen molar-refractivity contribution in [2.45, 2.75) is 20.3 Å². The van der Waals surface area contributed by atoms with E-state index < -0.39 is 5.91 Å². The number of benzene rings is 1. The van der Waals surface area contributed by atoms with Crippen molar-refractivity contribution in [3.8, 4) is 22.8 Å². The molecular weight excluding hydrogens is 432 g/mol. The Labute approximate surface area is 186 Å². The van der Waals surface area contributed by atoms with Crippen LogP contribution in [0.1, 0.15) is 34.3 Å². The largest absolute Gasteiger partial charge is 0.494 e. The van der Waals surface area contributed by atoms with E-state index >= 15 is 0 Å². The monoisotopic (exact) mass is 452 g/mol. The van der Waals surface area contributed by atoms with Gasteiger partial charge in [-0.1, -0.05) is 12.1 Å². The van der Waals surface area contributed by atoms with Crippen molar-refractivity contribution in [2.75, 3.05) is 12.3 Å². The van der Waals surface area contributed by atoms with E-state index in [0.717, 1.165) is 16.9 Å². The zero-order chi connectivity index (χ0) is 22.5. The Morgan fingerprint density at radius 1 is 1.31 bits per heavy atom. The minimum atomic E-state index is -0.543. The predicted molar refractivity (Wildman–Crippen MR) is 119 cm³/mol. The Morgan fingerprint density at radius 2 is 2.12 bits per heavy atom. The normalized spacial score (nSPS) is 11.2. The number of aromatic nitrogens is 5. The lowest BCUT2D eigenvalue weighted by atomic mass is 10.1. The molecule has 3 heterocycles. The molecule has 1 amide bonds. The molecule has 12 heteroatoms. The maximum Gasteiger partial charge on any atom is 0.294 e. The van der Waals surface area contributed by atoms with Crippen LogP contribution in [0, 0.1) is 6.92 Å². The van der Waals surface area contributed by atoms with Gasteiger partial charge in [-0.2, -0.15) is 9.78 Å². The third kappa shape index (κ3) is 4.34. The molecule has 0 atom stereocenters. The van der Waals surface area contributed by atoms with Crippen LogP contribution in [-0.2, 0) is 0 Å². The predicted octanol–water partition coefficient (Wildman–Crippen LogP) is 2.82. The molecule has 0 fully saturated rings. The molecule has 0 spiro atoms. The number of nitrogens with two attached hydrogens (primary N) is 1. The van der Waals surface area contributed by atoms with Crippen molar-refractivity contribution in [2.24, 2.45) is 5.10 Å². The molecular formula is C20H20N8O3S. The lowest BCUT2D eigenvalue weighted by Gasteiger charge is -2.08. The van der Waals surface area contributed by atoms with E-state index in [9.17, 15) is 4.79 Å². The molecule has 0 unspecified atom stereocenters. The molecule has 0 saturated carbocycles. The fourth-order valence-electron chi connectivity index (χ4n) is 2.83. The number of anilines is 1. The number of hydrazone groups is 1. The van der Waals surface area contributed by atoms with Crippen LogP contribution >= 0.6 is 11.3 Å². The Balaban J connectivity index is 1.67. The van der Waals surface area contributed by atoms with Gasteiger partial charge in [-0.25, -0.2) is 10.1 Å². The minimum absolute atomic E-state index is 0.0113. The number of carbonyl (C=O) groups excluding carboxylic acids is 1. The summed E-state index contributed by atoms with van der Waals surface area (Å²) in [6.07, 6.45) is 2.48. The van der Waals surface area contributed by atoms with Crippen molar-refractivity contribution >= 4 is 29.3 Å². The van der Waals surface area contributed by atoms with Gasteiger partial charge in [0.1, 0.15) is 11.4 Å². The zero-order valence-corrected chi connectivity index (χ0v) is 18.2. The standard InChI is InChI=1S/C20H20N8O3S/c1-3-9-30-14-6-4-13(5-7-14)17-16(23-27-28(17)19-18(21)25-31-26-19)20(29)24-22-11-15-12(2)8-10-32-15/h4-8,10-11H,3,9H2,1-2H3,(H2,21,25)(H,24,29)/b22-11-. The van der Waals surface area contributed by atoms with Crippen LogP contribution in [0.4, 0.5) is 5.82 Å². The Kier molecular flexibility index (Phi) is 6.22. The number of nitrogen functional groups attached to an aromatic ring is 1. The highest BCUT2D eigenvalue weighted by Gasteiger charge is 2.25. The summed E-state index contributed by atoms with van der Waals surface area (Å²) in [5.41, 5.74) is 10.4. The molecule has 0 saturated heterocycles. The molecule has 164 valence electrons. The summed E-state index contributed by atoms with van der Waals surface area (Å²) in [5, 5.41) is 21.4. The summed E-state index contributed by atoms with van der Waals surface area (Å²) in [6, 6.07) is 9.15. The van der Waals surface area contributed by atoms with E-state index in [1.165, 1.54) is 16.0 Å². The Bertz CT molecular complexity index is 1240. The van der Waals surface area contributed by atoms with Gasteiger partial charge >= 0.3 is 0 Å². The van der Waals surface area contributed by atoms with Crippen molar-refractivity contribution in [3.05, 3.63) is 51.8 Å². The second-order valence-electron chi connectivity index (χ2n) is 6.71. The highest BCUT2D eigenvalue weighted by Crippen LogP contribution is 2.28. The van der Waals surface area contributed by atoms with E-state index in [1.807, 2.05) is 25.3 Å². The average Bonchev–Trinajstić information content (AvgIpc) is 3.52. The van der Waals surface area contributed by atoms with Gasteiger partial charge in [0.25, 0.3) is 5.91 Å². The third-order valence-electron chi connectivity index (χ3n) is 4.43. The lowest BCUT2D eigenvalue weighted by Crippen LogP contribution is -2.19. The molecule has 3 N–H and O–H groups in total. The van der Waals surface area contributed by atoms with E-state index in [1.54, 1.807) is 30.5 Å². The maximum atomic E-state index is 12.9. The van der Waals surface area contributed by atoms with Crippen molar-refractivity contribution in [1.82, 2.24) is 30.7 Å². The van der Waals surface area contributed by atoms with Gasteiger partial charge in [0.2, 0.25) is 11.6 Å². The van der Waals surface area contributed by atoms with E-state index in [4.69, 9.17) is 10.5 Å². The minimum Gasteiger partial charge on any atom is -0.494 e. The first-order chi connectivity index (χ1) is 15.6. The molecule has 0 aliphatic carbocycles. The smallest absolute Gasteiger partial charge is 0.294 e. The molecule has 0 bridgehead atoms. The van der Waals surface area contributed by atoms with Crippen LogP contribution in [-0.4, -0.2) is 44.0 Å². The Hall–Kier alpha value is -4.06. The molecule has 1 aromatic carbocycles. The number of ether oxygens (including phenoxy) is 1. The Morgan fingerprint density at radius 3 is 2.78 bits per heavy atom. The summed E-state index contributed by atoms with van der Waals surface area (Å²) in [7, 11) is 0. The van der Waals surface area contributed by atoms with Crippen LogP contribution in [0.3, 0.4) is 0 Å². The summed E-state index contributed by atoms with van der Waals surface area (Å²) in [4.78, 5) is 13.8. The molecule has 3 aromatic heterocycles.